The Morgan fingerprint density at radius 3 is 2.83 bits per heavy atom. The van der Waals surface area contributed by atoms with E-state index >= 15 is 0 Å². The summed E-state index contributed by atoms with van der Waals surface area (Å²) in [5, 5.41) is 12.2. The molecule has 0 aliphatic carbocycles. The van der Waals surface area contributed by atoms with Crippen molar-refractivity contribution < 1.29 is 14.6 Å². The Morgan fingerprint density at radius 1 is 1.39 bits per heavy atom. The van der Waals surface area contributed by atoms with Crippen molar-refractivity contribution in [1.82, 2.24) is 5.32 Å². The minimum absolute atomic E-state index is 0.250. The summed E-state index contributed by atoms with van der Waals surface area (Å²) in [4.78, 5) is 11.6. The van der Waals surface area contributed by atoms with Gasteiger partial charge in [-0.1, -0.05) is 30.3 Å². The van der Waals surface area contributed by atoms with Gasteiger partial charge in [0.15, 0.2) is 0 Å². The molecule has 1 fully saturated rings. The van der Waals surface area contributed by atoms with Crippen LogP contribution in [0.4, 0.5) is 0 Å². The number of carbonyl (C=O) groups excluding carboxylic acids is 1. The highest BCUT2D eigenvalue weighted by Crippen LogP contribution is 2.08. The molecule has 98 valence electrons. The highest BCUT2D eigenvalue weighted by molar-refractivity contribution is 5.76. The van der Waals surface area contributed by atoms with Gasteiger partial charge in [-0.05, 0) is 18.4 Å². The van der Waals surface area contributed by atoms with Gasteiger partial charge in [0, 0.05) is 13.0 Å². The fourth-order valence-electron chi connectivity index (χ4n) is 2.09. The number of nitrogens with one attached hydrogen (secondary N) is 1. The monoisotopic (exact) mass is 249 g/mol. The first-order chi connectivity index (χ1) is 8.75. The number of esters is 1. The van der Waals surface area contributed by atoms with Gasteiger partial charge in [-0.3, -0.25) is 4.79 Å². The van der Waals surface area contributed by atoms with Gasteiger partial charge in [0.25, 0.3) is 0 Å². The lowest BCUT2D eigenvalue weighted by Gasteiger charge is -2.10. The number of benzene rings is 1. The summed E-state index contributed by atoms with van der Waals surface area (Å²) in [5.74, 6) is -0.250. The number of β-amino-alcohol motifs (C(OH)–C–C–N with tert-alkyl or cyclic N) is 1. The molecule has 0 aromatic heterocycles. The molecule has 2 N–H and O–H groups in total. The quantitative estimate of drug-likeness (QED) is 0.601. The molecule has 2 rings (SSSR count). The van der Waals surface area contributed by atoms with Crippen LogP contribution < -0.4 is 5.32 Å². The molecule has 4 heteroatoms. The van der Waals surface area contributed by atoms with E-state index in [0.29, 0.717) is 19.6 Å². The summed E-state index contributed by atoms with van der Waals surface area (Å²) in [6, 6.07) is 9.79. The maximum absolute atomic E-state index is 11.6. The van der Waals surface area contributed by atoms with Gasteiger partial charge in [-0.2, -0.15) is 0 Å². The first-order valence-electron chi connectivity index (χ1n) is 6.38. The van der Waals surface area contributed by atoms with Gasteiger partial charge in [-0.25, -0.2) is 0 Å². The molecule has 2 atom stereocenters. The Balaban J connectivity index is 1.62. The fraction of sp³-hybridized carbons (Fsp3) is 0.500. The largest absolute Gasteiger partial charge is 0.465 e. The van der Waals surface area contributed by atoms with Crippen molar-refractivity contribution in [1.29, 1.82) is 0 Å². The van der Waals surface area contributed by atoms with Crippen LogP contribution in [-0.4, -0.2) is 36.4 Å². The normalized spacial score (nSPS) is 22.9. The van der Waals surface area contributed by atoms with Gasteiger partial charge >= 0.3 is 5.97 Å². The molecule has 1 aliphatic heterocycles. The fourth-order valence-corrected chi connectivity index (χ4v) is 2.09. The van der Waals surface area contributed by atoms with Gasteiger partial charge < -0.3 is 15.2 Å². The Morgan fingerprint density at radius 2 is 2.17 bits per heavy atom. The number of carbonyl (C=O) groups is 1. The van der Waals surface area contributed by atoms with Gasteiger partial charge in [-0.15, -0.1) is 0 Å². The van der Waals surface area contributed by atoms with Crippen LogP contribution in [0, 0.1) is 0 Å². The van der Waals surface area contributed by atoms with Crippen molar-refractivity contribution in [2.45, 2.75) is 31.4 Å². The van der Waals surface area contributed by atoms with Crippen LogP contribution in [0.5, 0.6) is 0 Å². The van der Waals surface area contributed by atoms with Crippen LogP contribution in [0.3, 0.4) is 0 Å². The Hall–Kier alpha value is -1.39. The number of ether oxygens (including phenoxy) is 1. The molecule has 0 amide bonds. The van der Waals surface area contributed by atoms with Crippen LogP contribution >= 0.6 is 0 Å². The SMILES string of the molecule is O=C(OCCCc1ccccc1)C1CC(O)CN1. The van der Waals surface area contributed by atoms with Crippen molar-refractivity contribution in [3.63, 3.8) is 0 Å². The summed E-state index contributed by atoms with van der Waals surface area (Å²) < 4.78 is 5.18. The van der Waals surface area contributed by atoms with E-state index < -0.39 is 6.10 Å². The van der Waals surface area contributed by atoms with Crippen LogP contribution in [0.25, 0.3) is 0 Å². The molecule has 0 bridgehead atoms. The minimum Gasteiger partial charge on any atom is -0.465 e. The summed E-state index contributed by atoms with van der Waals surface area (Å²) in [5.41, 5.74) is 1.25. The molecule has 1 aromatic carbocycles. The highest BCUT2D eigenvalue weighted by atomic mass is 16.5. The smallest absolute Gasteiger partial charge is 0.323 e. The number of rotatable bonds is 5. The maximum atomic E-state index is 11.6. The van der Waals surface area contributed by atoms with E-state index in [-0.39, 0.29) is 12.0 Å². The van der Waals surface area contributed by atoms with E-state index in [1.54, 1.807) is 0 Å². The molecule has 1 aliphatic rings. The maximum Gasteiger partial charge on any atom is 0.323 e. The van der Waals surface area contributed by atoms with E-state index in [4.69, 9.17) is 4.74 Å². The van der Waals surface area contributed by atoms with Gasteiger partial charge in [0.2, 0.25) is 0 Å². The Kier molecular flexibility index (Phi) is 4.73. The van der Waals surface area contributed by atoms with Crippen LogP contribution in [0.15, 0.2) is 30.3 Å². The third-order valence-electron chi connectivity index (χ3n) is 3.09. The first-order valence-corrected chi connectivity index (χ1v) is 6.38. The van der Waals surface area contributed by atoms with E-state index in [1.807, 2.05) is 18.2 Å². The number of aliphatic hydroxyl groups excluding tert-OH is 1. The summed E-state index contributed by atoms with van der Waals surface area (Å²) in [6.45, 7) is 0.909. The highest BCUT2D eigenvalue weighted by Gasteiger charge is 2.28. The predicted molar refractivity (Wildman–Crippen MR) is 68.1 cm³/mol. The Bertz CT molecular complexity index is 380. The zero-order valence-corrected chi connectivity index (χ0v) is 10.3. The number of hydrogen-bond donors (Lipinski definition) is 2. The molecule has 1 saturated heterocycles. The average molecular weight is 249 g/mol. The molecule has 1 aromatic rings. The molecular weight excluding hydrogens is 230 g/mol. The van der Waals surface area contributed by atoms with Gasteiger partial charge in [0.1, 0.15) is 6.04 Å². The molecule has 2 unspecified atom stereocenters. The number of aliphatic hydroxyl groups is 1. The zero-order valence-electron chi connectivity index (χ0n) is 10.3. The second-order valence-electron chi connectivity index (χ2n) is 4.61. The first kappa shape index (κ1) is 13.1. The molecule has 18 heavy (non-hydrogen) atoms. The van der Waals surface area contributed by atoms with E-state index in [2.05, 4.69) is 17.4 Å². The third-order valence-corrected chi connectivity index (χ3v) is 3.09. The second kappa shape index (κ2) is 6.52. The predicted octanol–water partition coefficient (Wildman–Crippen LogP) is 0.885. The van der Waals surface area contributed by atoms with E-state index in [9.17, 15) is 9.90 Å². The van der Waals surface area contributed by atoms with Crippen LogP contribution in [0.2, 0.25) is 0 Å². The zero-order chi connectivity index (χ0) is 12.8. The van der Waals surface area contributed by atoms with Crippen molar-refractivity contribution >= 4 is 5.97 Å². The summed E-state index contributed by atoms with van der Waals surface area (Å²) in [7, 11) is 0. The molecule has 1 heterocycles. The van der Waals surface area contributed by atoms with Gasteiger partial charge in [0.05, 0.1) is 12.7 Å². The molecule has 4 nitrogen and oxygen atoms in total. The topological polar surface area (TPSA) is 58.6 Å². The number of aryl methyl sites for hydroxylation is 1. The standard InChI is InChI=1S/C14H19NO3/c16-12-9-13(15-10-12)14(17)18-8-4-7-11-5-2-1-3-6-11/h1-3,5-6,12-13,15-16H,4,7-10H2. The average Bonchev–Trinajstić information content (AvgIpc) is 2.82. The summed E-state index contributed by atoms with van der Waals surface area (Å²) >= 11 is 0. The van der Waals surface area contributed by atoms with Crippen molar-refractivity contribution in [2.75, 3.05) is 13.2 Å². The molecule has 0 saturated carbocycles. The number of hydrogen-bond acceptors (Lipinski definition) is 4. The molecular formula is C14H19NO3. The Labute approximate surface area is 107 Å². The van der Waals surface area contributed by atoms with E-state index in [0.717, 1.165) is 12.8 Å². The second-order valence-corrected chi connectivity index (χ2v) is 4.61. The lowest BCUT2D eigenvalue weighted by molar-refractivity contribution is -0.146. The third kappa shape index (κ3) is 3.82. The minimum atomic E-state index is -0.424. The van der Waals surface area contributed by atoms with Crippen LogP contribution in [-0.2, 0) is 16.0 Å². The lowest BCUT2D eigenvalue weighted by Crippen LogP contribution is -2.32. The molecule has 0 radical (unpaired) electrons. The van der Waals surface area contributed by atoms with Crippen molar-refractivity contribution in [3.05, 3.63) is 35.9 Å². The van der Waals surface area contributed by atoms with Crippen LogP contribution in [0.1, 0.15) is 18.4 Å². The lowest BCUT2D eigenvalue weighted by atomic mass is 10.1. The van der Waals surface area contributed by atoms with E-state index in [1.165, 1.54) is 5.56 Å². The summed E-state index contributed by atoms with van der Waals surface area (Å²) in [6.07, 6.45) is 1.77. The molecule has 0 spiro atoms. The van der Waals surface area contributed by atoms with Crippen molar-refractivity contribution in [2.24, 2.45) is 0 Å². The van der Waals surface area contributed by atoms with Crippen molar-refractivity contribution in [3.8, 4) is 0 Å².